The Balaban J connectivity index is 4.23. The second kappa shape index (κ2) is 59.8. The average Bonchev–Trinajstić information content (AvgIpc) is 3.42. The minimum absolute atomic E-state index is 0.0483. The van der Waals surface area contributed by atoms with Gasteiger partial charge in [-0.05, 0) is 89.9 Å². The van der Waals surface area contributed by atoms with Gasteiger partial charge in [-0.25, -0.2) is 4.57 Å². The number of rotatable bonds is 59. The van der Waals surface area contributed by atoms with Crippen LogP contribution < -0.4 is 5.32 Å². The van der Waals surface area contributed by atoms with Crippen molar-refractivity contribution in [2.45, 2.75) is 289 Å². The van der Waals surface area contributed by atoms with E-state index >= 15 is 0 Å². The summed E-state index contributed by atoms with van der Waals surface area (Å²) in [4.78, 5) is 23.4. The number of aliphatic hydroxyl groups excluding tert-OH is 1. The van der Waals surface area contributed by atoms with Gasteiger partial charge in [0, 0.05) is 6.42 Å². The predicted molar refractivity (Wildman–Crippen MR) is 345 cm³/mol. The fourth-order valence-electron chi connectivity index (χ4n) is 9.16. The van der Waals surface area contributed by atoms with Gasteiger partial charge in [0.25, 0.3) is 0 Å². The topological polar surface area (TPSA) is 105 Å². The van der Waals surface area contributed by atoms with E-state index in [0.717, 1.165) is 96.3 Å². The van der Waals surface area contributed by atoms with Crippen LogP contribution in [0.4, 0.5) is 0 Å². The molecule has 3 N–H and O–H groups in total. The van der Waals surface area contributed by atoms with Gasteiger partial charge in [0.2, 0.25) is 5.91 Å². The number of aliphatic hydroxyl groups is 1. The van der Waals surface area contributed by atoms with Gasteiger partial charge in [0.1, 0.15) is 13.2 Å². The van der Waals surface area contributed by atoms with Crippen molar-refractivity contribution < 1.29 is 32.9 Å². The number of quaternary nitrogens is 1. The lowest BCUT2D eigenvalue weighted by molar-refractivity contribution is -0.870. The maximum Gasteiger partial charge on any atom is 0.472 e. The summed E-state index contributed by atoms with van der Waals surface area (Å²) in [6.07, 6.45) is 87.9. The van der Waals surface area contributed by atoms with E-state index in [4.69, 9.17) is 9.05 Å². The van der Waals surface area contributed by atoms with Gasteiger partial charge >= 0.3 is 7.82 Å². The zero-order valence-corrected chi connectivity index (χ0v) is 53.0. The molecule has 0 saturated carbocycles. The quantitative estimate of drug-likeness (QED) is 0.0243. The monoisotopic (exact) mass is 1120 g/mol. The highest BCUT2D eigenvalue weighted by atomic mass is 31.2. The van der Waals surface area contributed by atoms with E-state index in [1.54, 1.807) is 6.08 Å². The summed E-state index contributed by atoms with van der Waals surface area (Å²) in [6.45, 7) is 4.69. The van der Waals surface area contributed by atoms with Crippen LogP contribution in [0.5, 0.6) is 0 Å². The van der Waals surface area contributed by atoms with Crippen molar-refractivity contribution in [1.82, 2.24) is 5.32 Å². The number of amides is 1. The number of carbonyl (C=O) groups is 1. The molecule has 0 heterocycles. The van der Waals surface area contributed by atoms with Gasteiger partial charge in [0.15, 0.2) is 0 Å². The number of phosphoric acid groups is 1. The number of carbonyl (C=O) groups excluding carboxylic acids is 1. The summed E-state index contributed by atoms with van der Waals surface area (Å²) < 4.78 is 23.8. The molecule has 0 saturated heterocycles. The molecule has 0 aromatic heterocycles. The van der Waals surface area contributed by atoms with Gasteiger partial charge in [-0.3, -0.25) is 13.8 Å². The fraction of sp³-hybridized carbons (Fsp3) is 0.729. The second-order valence-corrected chi connectivity index (χ2v) is 24.6. The molecule has 0 aromatic rings. The Labute approximate surface area is 489 Å². The number of unbranched alkanes of at least 4 members (excludes halogenated alkanes) is 30. The Kier molecular flexibility index (Phi) is 57.6. The molecule has 0 radical (unpaired) electrons. The van der Waals surface area contributed by atoms with Gasteiger partial charge in [-0.15, -0.1) is 0 Å². The first kappa shape index (κ1) is 76.2. The smallest absolute Gasteiger partial charge is 0.387 e. The lowest BCUT2D eigenvalue weighted by Gasteiger charge is -2.25. The Morgan fingerprint density at radius 3 is 1.16 bits per heavy atom. The molecule has 0 rings (SSSR count). The number of likely N-dealkylation sites (N-methyl/N-ethyl adjacent to an activating group) is 1. The van der Waals surface area contributed by atoms with E-state index in [1.165, 1.54) is 161 Å². The van der Waals surface area contributed by atoms with Crippen molar-refractivity contribution in [1.29, 1.82) is 0 Å². The maximum atomic E-state index is 13.0. The van der Waals surface area contributed by atoms with Crippen LogP contribution in [0.3, 0.4) is 0 Å². The van der Waals surface area contributed by atoms with Crippen molar-refractivity contribution in [2.24, 2.45) is 0 Å². The molecule has 0 bridgehead atoms. The molecule has 1 amide bonds. The maximum absolute atomic E-state index is 13.0. The third-order valence-corrected chi connectivity index (χ3v) is 15.2. The molecular formula is C70H126N2O6P+. The zero-order valence-electron chi connectivity index (χ0n) is 52.1. The van der Waals surface area contributed by atoms with Crippen LogP contribution in [0.1, 0.15) is 277 Å². The van der Waals surface area contributed by atoms with E-state index in [1.807, 2.05) is 27.2 Å². The van der Waals surface area contributed by atoms with Crippen molar-refractivity contribution in [3.8, 4) is 0 Å². The van der Waals surface area contributed by atoms with Crippen LogP contribution in [-0.4, -0.2) is 73.4 Å². The molecule has 0 aliphatic rings. The summed E-state index contributed by atoms with van der Waals surface area (Å²) in [5.74, 6) is -0.200. The van der Waals surface area contributed by atoms with E-state index in [9.17, 15) is 19.4 Å². The van der Waals surface area contributed by atoms with Gasteiger partial charge < -0.3 is 19.8 Å². The summed E-state index contributed by atoms with van der Waals surface area (Å²) in [5, 5.41) is 14.0. The minimum atomic E-state index is -4.37. The van der Waals surface area contributed by atoms with Crippen LogP contribution in [0.15, 0.2) is 109 Å². The fourth-order valence-corrected chi connectivity index (χ4v) is 9.89. The summed E-state index contributed by atoms with van der Waals surface area (Å²) >= 11 is 0. The van der Waals surface area contributed by atoms with Crippen LogP contribution >= 0.6 is 7.82 Å². The molecule has 9 heteroatoms. The molecule has 0 aliphatic carbocycles. The first-order chi connectivity index (χ1) is 38.5. The summed E-state index contributed by atoms with van der Waals surface area (Å²) in [5.41, 5.74) is 0. The normalized spacial score (nSPS) is 14.5. The van der Waals surface area contributed by atoms with Crippen molar-refractivity contribution in [3.05, 3.63) is 109 Å². The van der Waals surface area contributed by atoms with Gasteiger partial charge in [-0.2, -0.15) is 0 Å². The highest BCUT2D eigenvalue weighted by molar-refractivity contribution is 7.47. The SMILES string of the molecule is CC/C=C\C/C=C\C/C=C\C/C=C\C/C=C\C/C=C\C/C=C\CCCCCCCCCC(=O)NC(COP(=O)(O)OCC[N+](C)(C)C)C(O)/C=C/CC/C=C/CCCCCCCCCCCCCCCCCCCCCCCC. The van der Waals surface area contributed by atoms with E-state index in [0.29, 0.717) is 17.4 Å². The summed E-state index contributed by atoms with van der Waals surface area (Å²) in [6, 6.07) is -0.879. The van der Waals surface area contributed by atoms with E-state index < -0.39 is 20.0 Å². The van der Waals surface area contributed by atoms with E-state index in [2.05, 4.69) is 116 Å². The van der Waals surface area contributed by atoms with Crippen molar-refractivity contribution >= 4 is 13.7 Å². The average molecular weight is 1120 g/mol. The molecular weight excluding hydrogens is 996 g/mol. The molecule has 0 spiro atoms. The molecule has 3 atom stereocenters. The summed E-state index contributed by atoms with van der Waals surface area (Å²) in [7, 11) is 1.54. The predicted octanol–water partition coefficient (Wildman–Crippen LogP) is 20.7. The minimum Gasteiger partial charge on any atom is -0.387 e. The lowest BCUT2D eigenvalue weighted by atomic mass is 10.0. The van der Waals surface area contributed by atoms with Crippen molar-refractivity contribution in [2.75, 3.05) is 40.9 Å². The molecule has 79 heavy (non-hydrogen) atoms. The molecule has 0 aliphatic heterocycles. The zero-order chi connectivity index (χ0) is 57.7. The number of phosphoric ester groups is 1. The van der Waals surface area contributed by atoms with Crippen LogP contribution in [0.2, 0.25) is 0 Å². The Hall–Kier alpha value is -2.84. The largest absolute Gasteiger partial charge is 0.472 e. The number of nitrogens with zero attached hydrogens (tertiary/aromatic N) is 1. The highest BCUT2D eigenvalue weighted by Gasteiger charge is 2.27. The van der Waals surface area contributed by atoms with Crippen LogP contribution in [0, 0.1) is 0 Å². The molecule has 8 nitrogen and oxygen atoms in total. The Morgan fingerprint density at radius 2 is 0.772 bits per heavy atom. The van der Waals surface area contributed by atoms with Crippen LogP contribution in [0.25, 0.3) is 0 Å². The number of hydrogen-bond donors (Lipinski definition) is 3. The third-order valence-electron chi connectivity index (χ3n) is 14.2. The standard InChI is InChI=1S/C70H125N2O6P/c1-6-8-10-12-14-16-18-20-22-24-26-28-30-32-34-36-38-40-42-44-46-48-50-52-54-56-58-60-62-64-70(74)71-68(67-78-79(75,76)77-66-65-72(3,4)5)69(73)63-61-59-57-55-53-51-49-47-45-43-41-39-37-35-33-31-29-27-25-23-21-19-17-15-13-11-9-7-2/h8,10,14,16,20,22,26,28,32,34,38,40,44,46,53,55,61,63,68-69,73H,6-7,9,11-13,15,17-19,21,23-25,27,29-31,33,35-37,39,41-43,45,47-52,54,56-60,62,64-67H2,1-5H3,(H-,71,74,75,76)/p+1/b10-8-,16-14-,22-20-,28-26-,34-32-,40-38-,46-44-,55-53+,63-61+. The van der Waals surface area contributed by atoms with E-state index in [-0.39, 0.29) is 19.1 Å². The number of nitrogens with one attached hydrogen (secondary N) is 1. The number of allylic oxidation sites excluding steroid dienone is 17. The van der Waals surface area contributed by atoms with Crippen molar-refractivity contribution in [3.63, 3.8) is 0 Å². The molecule has 3 unspecified atom stereocenters. The molecule has 0 aromatic carbocycles. The lowest BCUT2D eigenvalue weighted by Crippen LogP contribution is -2.45. The first-order valence-electron chi connectivity index (χ1n) is 32.8. The Morgan fingerprint density at radius 1 is 0.443 bits per heavy atom. The number of hydrogen-bond acceptors (Lipinski definition) is 5. The second-order valence-electron chi connectivity index (χ2n) is 23.1. The van der Waals surface area contributed by atoms with Crippen LogP contribution in [-0.2, 0) is 18.4 Å². The highest BCUT2D eigenvalue weighted by Crippen LogP contribution is 2.43. The first-order valence-corrected chi connectivity index (χ1v) is 34.3. The van der Waals surface area contributed by atoms with Gasteiger partial charge in [-0.1, -0.05) is 290 Å². The molecule has 456 valence electrons. The van der Waals surface area contributed by atoms with Gasteiger partial charge in [0.05, 0.1) is 39.9 Å². The third kappa shape index (κ3) is 62.6. The molecule has 0 fully saturated rings. The Bertz CT molecular complexity index is 1650.